The molecule has 6 heteroatoms. The van der Waals surface area contributed by atoms with E-state index in [1.807, 2.05) is 0 Å². The minimum Gasteiger partial charge on any atom is -0.338 e. The predicted molar refractivity (Wildman–Crippen MR) is 74.0 cm³/mol. The molecule has 2 aromatic rings. The third-order valence-electron chi connectivity index (χ3n) is 3.76. The van der Waals surface area contributed by atoms with Gasteiger partial charge in [0.05, 0.1) is 5.92 Å². The van der Waals surface area contributed by atoms with Crippen LogP contribution in [0, 0.1) is 0 Å². The lowest BCUT2D eigenvalue weighted by Gasteiger charge is -2.29. The second kappa shape index (κ2) is 6.09. The summed E-state index contributed by atoms with van der Waals surface area (Å²) in [4.78, 5) is 12.8. The van der Waals surface area contributed by atoms with Crippen LogP contribution < -0.4 is 5.32 Å². The largest absolute Gasteiger partial charge is 0.338 e. The van der Waals surface area contributed by atoms with E-state index in [4.69, 9.17) is 4.52 Å². The minimum atomic E-state index is 0.300. The van der Waals surface area contributed by atoms with E-state index < -0.39 is 0 Å². The molecular weight excluding hydrogens is 254 g/mol. The van der Waals surface area contributed by atoms with Crippen molar-refractivity contribution in [2.75, 3.05) is 6.54 Å². The summed E-state index contributed by atoms with van der Waals surface area (Å²) in [6.07, 6.45) is 8.09. The molecule has 0 saturated heterocycles. The van der Waals surface area contributed by atoms with Crippen LogP contribution in [0.1, 0.15) is 44.4 Å². The number of rotatable bonds is 4. The first-order valence-electron chi connectivity index (χ1n) is 7.23. The van der Waals surface area contributed by atoms with Crippen molar-refractivity contribution in [2.24, 2.45) is 0 Å². The Morgan fingerprint density at radius 1 is 1.20 bits per heavy atom. The molecule has 1 N–H and O–H groups in total. The predicted octanol–water partition coefficient (Wildman–Crippen LogP) is 2.16. The molecule has 1 aliphatic carbocycles. The summed E-state index contributed by atoms with van der Waals surface area (Å²) in [6.45, 7) is 3.09. The molecule has 3 rings (SSSR count). The van der Waals surface area contributed by atoms with Gasteiger partial charge in [0, 0.05) is 18.4 Å². The number of hydrogen-bond acceptors (Lipinski definition) is 6. The van der Waals surface area contributed by atoms with Crippen LogP contribution in [-0.4, -0.2) is 32.7 Å². The summed E-state index contributed by atoms with van der Waals surface area (Å²) in [5.41, 5.74) is 0. The second-order valence-electron chi connectivity index (χ2n) is 5.08. The Bertz CT molecular complexity index is 540. The van der Waals surface area contributed by atoms with Crippen LogP contribution in [0.25, 0.3) is 11.6 Å². The molecule has 2 heterocycles. The zero-order valence-electron chi connectivity index (χ0n) is 11.6. The first-order valence-corrected chi connectivity index (χ1v) is 7.23. The van der Waals surface area contributed by atoms with E-state index in [-0.39, 0.29) is 0 Å². The molecule has 2 unspecified atom stereocenters. The lowest BCUT2D eigenvalue weighted by Crippen LogP contribution is -2.37. The molecule has 1 saturated carbocycles. The Labute approximate surface area is 118 Å². The van der Waals surface area contributed by atoms with Gasteiger partial charge < -0.3 is 9.84 Å². The van der Waals surface area contributed by atoms with Crippen molar-refractivity contribution >= 4 is 0 Å². The summed E-state index contributed by atoms with van der Waals surface area (Å²) in [5.74, 6) is 1.99. The third kappa shape index (κ3) is 2.70. The molecule has 1 fully saturated rings. The van der Waals surface area contributed by atoms with Gasteiger partial charge in [0.15, 0.2) is 0 Å². The van der Waals surface area contributed by atoms with Crippen LogP contribution in [0.5, 0.6) is 0 Å². The van der Waals surface area contributed by atoms with Gasteiger partial charge in [0.1, 0.15) is 0 Å². The summed E-state index contributed by atoms with van der Waals surface area (Å²) in [6, 6.07) is 2.20. The van der Waals surface area contributed by atoms with E-state index in [0.29, 0.717) is 29.5 Å². The smallest absolute Gasteiger partial charge is 0.240 e. The maximum absolute atomic E-state index is 5.45. The van der Waals surface area contributed by atoms with Crippen molar-refractivity contribution in [1.29, 1.82) is 0 Å². The van der Waals surface area contributed by atoms with Gasteiger partial charge >= 0.3 is 0 Å². The van der Waals surface area contributed by atoms with Crippen LogP contribution in [0.4, 0.5) is 0 Å². The molecule has 6 nitrogen and oxygen atoms in total. The van der Waals surface area contributed by atoms with Gasteiger partial charge in [-0.05, 0) is 25.5 Å². The molecule has 2 atom stereocenters. The van der Waals surface area contributed by atoms with E-state index >= 15 is 0 Å². The van der Waals surface area contributed by atoms with Gasteiger partial charge in [-0.2, -0.15) is 4.98 Å². The van der Waals surface area contributed by atoms with Gasteiger partial charge in [0.25, 0.3) is 0 Å². The molecule has 0 radical (unpaired) electrons. The number of nitrogens with one attached hydrogen (secondary N) is 1. The normalized spacial score (nSPS) is 22.9. The Kier molecular flexibility index (Phi) is 4.01. The highest BCUT2D eigenvalue weighted by molar-refractivity contribution is 5.40. The molecule has 0 spiro atoms. The average molecular weight is 273 g/mol. The fourth-order valence-corrected chi connectivity index (χ4v) is 2.82. The molecular formula is C14H19N5O. The van der Waals surface area contributed by atoms with E-state index in [0.717, 1.165) is 19.4 Å². The van der Waals surface area contributed by atoms with Crippen molar-refractivity contribution in [1.82, 2.24) is 25.4 Å². The summed E-state index contributed by atoms with van der Waals surface area (Å²) >= 11 is 0. The highest BCUT2D eigenvalue weighted by atomic mass is 16.5. The van der Waals surface area contributed by atoms with Crippen LogP contribution in [0.2, 0.25) is 0 Å². The lowest BCUT2D eigenvalue weighted by atomic mass is 9.84. The summed E-state index contributed by atoms with van der Waals surface area (Å²) in [5, 5.41) is 7.54. The third-order valence-corrected chi connectivity index (χ3v) is 3.76. The Morgan fingerprint density at radius 2 is 2.00 bits per heavy atom. The molecule has 0 aromatic carbocycles. The zero-order valence-corrected chi connectivity index (χ0v) is 11.6. The summed E-state index contributed by atoms with van der Waals surface area (Å²) < 4.78 is 5.45. The molecule has 2 aromatic heterocycles. The van der Waals surface area contributed by atoms with Crippen molar-refractivity contribution in [3.63, 3.8) is 0 Å². The fourth-order valence-electron chi connectivity index (χ4n) is 2.82. The number of aromatic nitrogens is 4. The van der Waals surface area contributed by atoms with E-state index in [9.17, 15) is 0 Å². The zero-order chi connectivity index (χ0) is 13.8. The lowest BCUT2D eigenvalue weighted by molar-refractivity contribution is 0.265. The maximum atomic E-state index is 5.45. The molecule has 0 aliphatic heterocycles. The standard InChI is InChI=1S/C14H19N5O/c1-2-15-11-7-4-3-6-10(11)14-18-13(19-20-14)12-16-8-5-9-17-12/h5,8-11,15H,2-4,6-7H2,1H3. The average Bonchev–Trinajstić information content (AvgIpc) is 2.99. The highest BCUT2D eigenvalue weighted by Gasteiger charge is 2.30. The molecule has 20 heavy (non-hydrogen) atoms. The topological polar surface area (TPSA) is 76.7 Å². The highest BCUT2D eigenvalue weighted by Crippen LogP contribution is 2.32. The van der Waals surface area contributed by atoms with Crippen molar-refractivity contribution in [3.8, 4) is 11.6 Å². The first kappa shape index (κ1) is 13.2. The Balaban J connectivity index is 1.81. The monoisotopic (exact) mass is 273 g/mol. The maximum Gasteiger partial charge on any atom is 0.240 e. The van der Waals surface area contributed by atoms with Gasteiger partial charge in [-0.25, -0.2) is 9.97 Å². The molecule has 0 bridgehead atoms. The van der Waals surface area contributed by atoms with E-state index in [1.54, 1.807) is 18.5 Å². The Hall–Kier alpha value is -1.82. The first-order chi connectivity index (χ1) is 9.88. The summed E-state index contributed by atoms with van der Waals surface area (Å²) in [7, 11) is 0. The van der Waals surface area contributed by atoms with Crippen LogP contribution in [-0.2, 0) is 0 Å². The van der Waals surface area contributed by atoms with Gasteiger partial charge in [0.2, 0.25) is 17.5 Å². The van der Waals surface area contributed by atoms with Crippen molar-refractivity contribution in [2.45, 2.75) is 44.6 Å². The molecule has 106 valence electrons. The van der Waals surface area contributed by atoms with Crippen LogP contribution in [0.15, 0.2) is 23.0 Å². The number of nitrogens with zero attached hydrogens (tertiary/aromatic N) is 4. The van der Waals surface area contributed by atoms with E-state index in [1.165, 1.54) is 12.8 Å². The van der Waals surface area contributed by atoms with Crippen LogP contribution >= 0.6 is 0 Å². The fraction of sp³-hybridized carbons (Fsp3) is 0.571. The SMILES string of the molecule is CCNC1CCCCC1c1nc(-c2ncccn2)no1. The molecule has 1 aliphatic rings. The van der Waals surface area contributed by atoms with Gasteiger partial charge in [-0.15, -0.1) is 0 Å². The van der Waals surface area contributed by atoms with Crippen molar-refractivity contribution < 1.29 is 4.52 Å². The van der Waals surface area contributed by atoms with E-state index in [2.05, 4.69) is 32.3 Å². The van der Waals surface area contributed by atoms with Gasteiger partial charge in [-0.3, -0.25) is 0 Å². The van der Waals surface area contributed by atoms with Crippen LogP contribution in [0.3, 0.4) is 0 Å². The van der Waals surface area contributed by atoms with Gasteiger partial charge in [-0.1, -0.05) is 24.9 Å². The second-order valence-corrected chi connectivity index (χ2v) is 5.08. The minimum absolute atomic E-state index is 0.300. The number of hydrogen-bond donors (Lipinski definition) is 1. The van der Waals surface area contributed by atoms with Crippen molar-refractivity contribution in [3.05, 3.63) is 24.4 Å². The number of likely N-dealkylation sites (N-methyl/N-ethyl adjacent to an activating group) is 1. The quantitative estimate of drug-likeness (QED) is 0.920. The molecule has 0 amide bonds. The Morgan fingerprint density at radius 3 is 2.80 bits per heavy atom.